The number of hydrogen-bond donors (Lipinski definition) is 1. The predicted octanol–water partition coefficient (Wildman–Crippen LogP) is 2.22. The van der Waals surface area contributed by atoms with E-state index in [-0.39, 0.29) is 18.0 Å². The van der Waals surface area contributed by atoms with Gasteiger partial charge in [-0.3, -0.25) is 4.98 Å². The van der Waals surface area contributed by atoms with Gasteiger partial charge in [0, 0.05) is 6.20 Å². The highest BCUT2D eigenvalue weighted by molar-refractivity contribution is 5.87. The van der Waals surface area contributed by atoms with Gasteiger partial charge >= 0.3 is 12.1 Å². The van der Waals surface area contributed by atoms with Crippen LogP contribution in [0.3, 0.4) is 0 Å². The van der Waals surface area contributed by atoms with Gasteiger partial charge in [-0.15, -0.1) is 12.4 Å². The average molecular weight is 228 g/mol. The van der Waals surface area contributed by atoms with Gasteiger partial charge in [0.05, 0.1) is 5.56 Å². The molecule has 1 aromatic rings. The van der Waals surface area contributed by atoms with Crippen molar-refractivity contribution in [2.24, 2.45) is 0 Å². The minimum Gasteiger partial charge on any atom is -0.478 e. The Morgan fingerprint density at radius 2 is 1.93 bits per heavy atom. The Morgan fingerprint density at radius 3 is 2.21 bits per heavy atom. The second kappa shape index (κ2) is 4.28. The summed E-state index contributed by atoms with van der Waals surface area (Å²) in [5.41, 5.74) is -1.37. The SMILES string of the molecule is Cl.O=C(O)c1ccc(C(F)(F)F)nc1. The molecule has 0 unspecified atom stereocenters. The molecule has 0 saturated carbocycles. The lowest BCUT2D eigenvalue weighted by Crippen LogP contribution is -2.08. The van der Waals surface area contributed by atoms with Gasteiger partial charge in [0.2, 0.25) is 0 Å². The first kappa shape index (κ1) is 12.7. The van der Waals surface area contributed by atoms with Crippen molar-refractivity contribution < 1.29 is 23.1 Å². The zero-order valence-corrected chi connectivity index (χ0v) is 7.39. The summed E-state index contributed by atoms with van der Waals surface area (Å²) in [5.74, 6) is -1.30. The maximum absolute atomic E-state index is 11.9. The van der Waals surface area contributed by atoms with Crippen LogP contribution < -0.4 is 0 Å². The quantitative estimate of drug-likeness (QED) is 0.800. The van der Waals surface area contributed by atoms with Crippen molar-refractivity contribution in [3.63, 3.8) is 0 Å². The minimum atomic E-state index is -4.53. The molecule has 0 fully saturated rings. The third-order valence-electron chi connectivity index (χ3n) is 1.30. The molecule has 0 aliphatic carbocycles. The van der Waals surface area contributed by atoms with Gasteiger partial charge < -0.3 is 5.11 Å². The normalized spacial score (nSPS) is 10.5. The Labute approximate surface area is 83.0 Å². The molecule has 0 aliphatic rings. The molecule has 14 heavy (non-hydrogen) atoms. The lowest BCUT2D eigenvalue weighted by Gasteiger charge is -2.04. The zero-order valence-electron chi connectivity index (χ0n) is 6.58. The molecule has 0 radical (unpaired) electrons. The molecule has 0 spiro atoms. The number of rotatable bonds is 1. The van der Waals surface area contributed by atoms with Crippen molar-refractivity contribution in [2.45, 2.75) is 6.18 Å². The first-order valence-electron chi connectivity index (χ1n) is 3.18. The van der Waals surface area contributed by atoms with E-state index >= 15 is 0 Å². The van der Waals surface area contributed by atoms with Gasteiger partial charge in [0.15, 0.2) is 0 Å². The van der Waals surface area contributed by atoms with Gasteiger partial charge in [-0.25, -0.2) is 4.79 Å². The molecule has 0 aliphatic heterocycles. The fraction of sp³-hybridized carbons (Fsp3) is 0.143. The van der Waals surface area contributed by atoms with Gasteiger partial charge in [-0.05, 0) is 12.1 Å². The van der Waals surface area contributed by atoms with E-state index in [1.54, 1.807) is 0 Å². The molecular formula is C7H5ClF3NO2. The number of alkyl halides is 3. The smallest absolute Gasteiger partial charge is 0.433 e. The van der Waals surface area contributed by atoms with Crippen LogP contribution in [-0.4, -0.2) is 16.1 Å². The summed E-state index contributed by atoms with van der Waals surface area (Å²) in [6, 6.07) is 1.49. The molecule has 0 atom stereocenters. The van der Waals surface area contributed by atoms with E-state index in [0.29, 0.717) is 12.3 Å². The van der Waals surface area contributed by atoms with Crippen molar-refractivity contribution in [1.82, 2.24) is 4.98 Å². The van der Waals surface area contributed by atoms with Gasteiger partial charge in [-0.2, -0.15) is 13.2 Å². The van der Waals surface area contributed by atoms with Crippen LogP contribution in [0.1, 0.15) is 16.1 Å². The Balaban J connectivity index is 0.00000169. The fourth-order valence-corrected chi connectivity index (χ4v) is 0.688. The van der Waals surface area contributed by atoms with E-state index in [4.69, 9.17) is 5.11 Å². The van der Waals surface area contributed by atoms with E-state index in [0.717, 1.165) is 6.07 Å². The van der Waals surface area contributed by atoms with E-state index in [1.807, 2.05) is 0 Å². The molecule has 0 saturated heterocycles. The molecule has 1 N–H and O–H groups in total. The summed E-state index contributed by atoms with van der Waals surface area (Å²) in [7, 11) is 0. The summed E-state index contributed by atoms with van der Waals surface area (Å²) in [6.45, 7) is 0. The number of aromatic carboxylic acids is 1. The van der Waals surface area contributed by atoms with Crippen molar-refractivity contribution in [1.29, 1.82) is 0 Å². The number of carbonyl (C=O) groups is 1. The molecule has 78 valence electrons. The standard InChI is InChI=1S/C7H4F3NO2.ClH/c8-7(9,10)5-2-1-4(3-11-5)6(12)13;/h1-3H,(H,12,13);1H. The van der Waals surface area contributed by atoms with Crippen molar-refractivity contribution in [3.05, 3.63) is 29.6 Å². The van der Waals surface area contributed by atoms with Crippen LogP contribution in [0.25, 0.3) is 0 Å². The lowest BCUT2D eigenvalue weighted by atomic mass is 10.2. The second-order valence-electron chi connectivity index (χ2n) is 2.24. The first-order chi connectivity index (χ1) is 5.91. The number of aromatic nitrogens is 1. The van der Waals surface area contributed by atoms with Crippen LogP contribution >= 0.6 is 12.4 Å². The van der Waals surface area contributed by atoms with Gasteiger partial charge in [0.25, 0.3) is 0 Å². The highest BCUT2D eigenvalue weighted by atomic mass is 35.5. The molecule has 1 aromatic heterocycles. The average Bonchev–Trinajstić information content (AvgIpc) is 2.03. The predicted molar refractivity (Wildman–Crippen MR) is 43.4 cm³/mol. The summed E-state index contributed by atoms with van der Waals surface area (Å²) < 4.78 is 35.7. The number of hydrogen-bond acceptors (Lipinski definition) is 2. The summed E-state index contributed by atoms with van der Waals surface area (Å²) >= 11 is 0. The lowest BCUT2D eigenvalue weighted by molar-refractivity contribution is -0.141. The van der Waals surface area contributed by atoms with Crippen LogP contribution in [0.15, 0.2) is 18.3 Å². The number of pyridine rings is 1. The summed E-state index contributed by atoms with van der Waals surface area (Å²) in [6.07, 6.45) is -3.86. The highest BCUT2D eigenvalue weighted by Gasteiger charge is 2.32. The second-order valence-corrected chi connectivity index (χ2v) is 2.24. The van der Waals surface area contributed by atoms with Crippen LogP contribution in [-0.2, 0) is 6.18 Å². The molecule has 0 amide bonds. The van der Waals surface area contributed by atoms with Crippen molar-refractivity contribution in [3.8, 4) is 0 Å². The Hall–Kier alpha value is -1.30. The molecule has 1 rings (SSSR count). The van der Waals surface area contributed by atoms with E-state index in [9.17, 15) is 18.0 Å². The molecule has 1 heterocycles. The first-order valence-corrected chi connectivity index (χ1v) is 3.18. The third kappa shape index (κ3) is 2.88. The summed E-state index contributed by atoms with van der Waals surface area (Å²) in [5, 5.41) is 8.36. The zero-order chi connectivity index (χ0) is 10.1. The van der Waals surface area contributed by atoms with Gasteiger partial charge in [-0.1, -0.05) is 0 Å². The van der Waals surface area contributed by atoms with Gasteiger partial charge in [0.1, 0.15) is 5.69 Å². The van der Waals surface area contributed by atoms with E-state index in [2.05, 4.69) is 4.98 Å². The summed E-state index contributed by atoms with van der Waals surface area (Å²) in [4.78, 5) is 13.2. The number of nitrogens with zero attached hydrogens (tertiary/aromatic N) is 1. The van der Waals surface area contributed by atoms with Crippen LogP contribution in [0.2, 0.25) is 0 Å². The molecule has 0 bridgehead atoms. The number of halogens is 4. The fourth-order valence-electron chi connectivity index (χ4n) is 0.688. The maximum atomic E-state index is 11.9. The van der Waals surface area contributed by atoms with Crippen LogP contribution in [0, 0.1) is 0 Å². The maximum Gasteiger partial charge on any atom is 0.433 e. The molecule has 3 nitrogen and oxygen atoms in total. The van der Waals surface area contributed by atoms with Crippen LogP contribution in [0.4, 0.5) is 13.2 Å². The number of carboxylic acid groups (broad SMARTS) is 1. The molecule has 0 aromatic carbocycles. The topological polar surface area (TPSA) is 50.2 Å². The largest absolute Gasteiger partial charge is 0.478 e. The Morgan fingerprint density at radius 1 is 1.36 bits per heavy atom. The highest BCUT2D eigenvalue weighted by Crippen LogP contribution is 2.27. The molecular weight excluding hydrogens is 223 g/mol. The van der Waals surface area contributed by atoms with Crippen molar-refractivity contribution >= 4 is 18.4 Å². The Bertz CT molecular complexity index is 323. The van der Waals surface area contributed by atoms with Crippen LogP contribution in [0.5, 0.6) is 0 Å². The third-order valence-corrected chi connectivity index (χ3v) is 1.30. The number of carboxylic acids is 1. The monoisotopic (exact) mass is 227 g/mol. The Kier molecular flexibility index (Phi) is 3.88. The van der Waals surface area contributed by atoms with E-state index < -0.39 is 17.8 Å². The minimum absolute atomic E-state index is 0. The molecule has 7 heteroatoms. The van der Waals surface area contributed by atoms with E-state index in [1.165, 1.54) is 0 Å². The van der Waals surface area contributed by atoms with Crippen molar-refractivity contribution in [2.75, 3.05) is 0 Å².